The molecule has 2 heterocycles. The Morgan fingerprint density at radius 1 is 1.38 bits per heavy atom. The van der Waals surface area contributed by atoms with Crippen LogP contribution in [0.25, 0.3) is 0 Å². The number of nitrogens with zero attached hydrogens (tertiary/aromatic N) is 4. The van der Waals surface area contributed by atoms with Crippen LogP contribution in [0.4, 0.5) is 13.2 Å². The number of carbonyl (C=O) groups excluding carboxylic acids is 1. The highest BCUT2D eigenvalue weighted by Gasteiger charge is 2.41. The summed E-state index contributed by atoms with van der Waals surface area (Å²) in [6.07, 6.45) is -0.957. The molecule has 0 saturated heterocycles. The molecule has 0 unspecified atom stereocenters. The number of hydrogen-bond acceptors (Lipinski definition) is 3. The second-order valence-corrected chi connectivity index (χ2v) is 7.28. The molecular weight excluding hydrogens is 415 g/mol. The Morgan fingerprint density at radius 3 is 2.62 bits per heavy atom. The summed E-state index contributed by atoms with van der Waals surface area (Å²) in [7, 11) is 1.80. The first-order valence-electron chi connectivity index (χ1n) is 8.26. The van der Waals surface area contributed by atoms with Crippen LogP contribution < -0.4 is 5.32 Å². The predicted molar refractivity (Wildman–Crippen MR) is 91.3 cm³/mol. The highest BCUT2D eigenvalue weighted by atomic mass is 79.9. The molecular formula is C16H19BrF3N5O. The third-order valence-electron chi connectivity index (χ3n) is 4.31. The topological polar surface area (TPSA) is 64.7 Å². The van der Waals surface area contributed by atoms with Gasteiger partial charge >= 0.3 is 6.18 Å². The van der Waals surface area contributed by atoms with E-state index in [0.717, 1.165) is 24.1 Å². The molecule has 26 heavy (non-hydrogen) atoms. The van der Waals surface area contributed by atoms with E-state index < -0.39 is 11.9 Å². The minimum Gasteiger partial charge on any atom is -0.352 e. The van der Waals surface area contributed by atoms with E-state index in [2.05, 4.69) is 31.4 Å². The molecule has 0 bridgehead atoms. The molecule has 2 aromatic rings. The Hall–Kier alpha value is -1.84. The molecule has 1 saturated carbocycles. The third kappa shape index (κ3) is 4.11. The maximum absolute atomic E-state index is 13.1. The minimum absolute atomic E-state index is 0.00103. The van der Waals surface area contributed by atoms with E-state index in [1.807, 2.05) is 13.1 Å². The molecule has 1 aliphatic carbocycles. The molecule has 6 nitrogen and oxygen atoms in total. The van der Waals surface area contributed by atoms with Gasteiger partial charge in [0.2, 0.25) is 5.91 Å². The zero-order valence-corrected chi connectivity index (χ0v) is 16.0. The van der Waals surface area contributed by atoms with E-state index in [-0.39, 0.29) is 29.3 Å². The zero-order chi connectivity index (χ0) is 19.1. The molecule has 0 aromatic carbocycles. The van der Waals surface area contributed by atoms with Gasteiger partial charge in [-0.05, 0) is 35.7 Å². The second kappa shape index (κ2) is 7.05. The van der Waals surface area contributed by atoms with Gasteiger partial charge in [-0.2, -0.15) is 23.4 Å². The van der Waals surface area contributed by atoms with Gasteiger partial charge in [0.05, 0.1) is 22.4 Å². The number of rotatable bonds is 6. The van der Waals surface area contributed by atoms with Gasteiger partial charge in [-0.1, -0.05) is 0 Å². The fourth-order valence-electron chi connectivity index (χ4n) is 2.86. The Kier molecular flexibility index (Phi) is 5.14. The van der Waals surface area contributed by atoms with Crippen LogP contribution in [0.2, 0.25) is 0 Å². The first kappa shape index (κ1) is 18.9. The summed E-state index contributed by atoms with van der Waals surface area (Å²) in [5.74, 6) is -0.163. The molecule has 0 spiro atoms. The van der Waals surface area contributed by atoms with Gasteiger partial charge in [-0.25, -0.2) is 0 Å². The SMILES string of the molecule is Cc1nn(C)cc1CNC(=O)CCn1nc(C(F)(F)F)c(Br)c1C1CC1. The summed E-state index contributed by atoms with van der Waals surface area (Å²) >= 11 is 3.04. The molecule has 142 valence electrons. The lowest BCUT2D eigenvalue weighted by molar-refractivity contribution is -0.142. The van der Waals surface area contributed by atoms with Crippen molar-refractivity contribution in [3.8, 4) is 0 Å². The van der Waals surface area contributed by atoms with Gasteiger partial charge in [0, 0.05) is 37.7 Å². The number of nitrogens with one attached hydrogen (secondary N) is 1. The molecule has 1 amide bonds. The van der Waals surface area contributed by atoms with Crippen molar-refractivity contribution in [1.82, 2.24) is 24.9 Å². The van der Waals surface area contributed by atoms with Crippen LogP contribution in [0.15, 0.2) is 10.7 Å². The van der Waals surface area contributed by atoms with E-state index in [9.17, 15) is 18.0 Å². The Morgan fingerprint density at radius 2 is 2.08 bits per heavy atom. The van der Waals surface area contributed by atoms with Crippen molar-refractivity contribution in [2.45, 2.75) is 51.4 Å². The van der Waals surface area contributed by atoms with Crippen molar-refractivity contribution >= 4 is 21.8 Å². The summed E-state index contributed by atoms with van der Waals surface area (Å²) in [6.45, 7) is 2.30. The van der Waals surface area contributed by atoms with E-state index in [1.165, 1.54) is 4.68 Å². The second-order valence-electron chi connectivity index (χ2n) is 6.48. The van der Waals surface area contributed by atoms with Gasteiger partial charge in [0.25, 0.3) is 0 Å². The fourth-order valence-corrected chi connectivity index (χ4v) is 3.70. The van der Waals surface area contributed by atoms with Gasteiger partial charge < -0.3 is 5.32 Å². The van der Waals surface area contributed by atoms with Crippen LogP contribution in [-0.2, 0) is 31.1 Å². The highest BCUT2D eigenvalue weighted by Crippen LogP contribution is 2.46. The molecule has 1 fully saturated rings. The van der Waals surface area contributed by atoms with Crippen molar-refractivity contribution in [1.29, 1.82) is 0 Å². The van der Waals surface area contributed by atoms with E-state index >= 15 is 0 Å². The molecule has 1 aliphatic rings. The average Bonchev–Trinajstić information content (AvgIpc) is 3.23. The minimum atomic E-state index is -4.52. The van der Waals surface area contributed by atoms with Crippen LogP contribution in [0.5, 0.6) is 0 Å². The van der Waals surface area contributed by atoms with E-state index in [4.69, 9.17) is 0 Å². The van der Waals surface area contributed by atoms with Crippen molar-refractivity contribution in [3.05, 3.63) is 33.3 Å². The monoisotopic (exact) mass is 433 g/mol. The quantitative estimate of drug-likeness (QED) is 0.759. The summed E-state index contributed by atoms with van der Waals surface area (Å²) in [6, 6.07) is 0. The number of carbonyl (C=O) groups is 1. The van der Waals surface area contributed by atoms with Crippen LogP contribution in [-0.4, -0.2) is 25.5 Å². The molecule has 3 rings (SSSR count). The predicted octanol–water partition coefficient (Wildman–Crippen LogP) is 3.29. The van der Waals surface area contributed by atoms with Gasteiger partial charge in [-0.3, -0.25) is 14.2 Å². The molecule has 0 atom stereocenters. The average molecular weight is 434 g/mol. The molecule has 2 aromatic heterocycles. The first-order chi connectivity index (χ1) is 12.2. The molecule has 0 radical (unpaired) electrons. The van der Waals surface area contributed by atoms with Gasteiger partial charge in [-0.15, -0.1) is 0 Å². The smallest absolute Gasteiger partial charge is 0.352 e. The van der Waals surface area contributed by atoms with Crippen molar-refractivity contribution in [2.24, 2.45) is 7.05 Å². The highest BCUT2D eigenvalue weighted by molar-refractivity contribution is 9.10. The summed E-state index contributed by atoms with van der Waals surface area (Å²) in [4.78, 5) is 12.1. The lowest BCUT2D eigenvalue weighted by Gasteiger charge is -2.08. The van der Waals surface area contributed by atoms with Crippen LogP contribution in [0.1, 0.15) is 47.8 Å². The Balaban J connectivity index is 1.64. The maximum Gasteiger partial charge on any atom is 0.436 e. The summed E-state index contributed by atoms with van der Waals surface area (Å²) in [5.41, 5.74) is 1.34. The summed E-state index contributed by atoms with van der Waals surface area (Å²) < 4.78 is 42.2. The van der Waals surface area contributed by atoms with Crippen molar-refractivity contribution in [3.63, 3.8) is 0 Å². The number of hydrogen-bond donors (Lipinski definition) is 1. The van der Waals surface area contributed by atoms with E-state index in [0.29, 0.717) is 12.2 Å². The van der Waals surface area contributed by atoms with Gasteiger partial charge in [0.15, 0.2) is 5.69 Å². The van der Waals surface area contributed by atoms with Crippen LogP contribution >= 0.6 is 15.9 Å². The Bertz CT molecular complexity index is 823. The third-order valence-corrected chi connectivity index (χ3v) is 5.09. The number of alkyl halides is 3. The fraction of sp³-hybridized carbons (Fsp3) is 0.562. The zero-order valence-electron chi connectivity index (χ0n) is 14.4. The Labute approximate surface area is 156 Å². The lowest BCUT2D eigenvalue weighted by Crippen LogP contribution is -2.24. The maximum atomic E-state index is 13.1. The molecule has 10 heteroatoms. The van der Waals surface area contributed by atoms with Crippen LogP contribution in [0, 0.1) is 6.92 Å². The van der Waals surface area contributed by atoms with Crippen molar-refractivity contribution in [2.75, 3.05) is 0 Å². The number of aryl methyl sites for hydroxylation is 3. The standard InChI is InChI=1S/C16H19BrF3N5O/c1-9-11(8-24(2)22-9)7-21-12(26)5-6-25-14(10-3-4-10)13(17)15(23-25)16(18,19)20/h8,10H,3-7H2,1-2H3,(H,21,26). The largest absolute Gasteiger partial charge is 0.436 e. The molecule has 1 N–H and O–H groups in total. The summed E-state index contributed by atoms with van der Waals surface area (Å²) in [5, 5.41) is 10.7. The van der Waals surface area contributed by atoms with Gasteiger partial charge in [0.1, 0.15) is 0 Å². The van der Waals surface area contributed by atoms with Crippen LogP contribution in [0.3, 0.4) is 0 Å². The number of amides is 1. The normalized spacial score (nSPS) is 14.7. The van der Waals surface area contributed by atoms with Crippen molar-refractivity contribution < 1.29 is 18.0 Å². The number of aromatic nitrogens is 4. The van der Waals surface area contributed by atoms with E-state index in [1.54, 1.807) is 11.7 Å². The first-order valence-corrected chi connectivity index (χ1v) is 9.05. The number of halogens is 4. The molecule has 0 aliphatic heterocycles. The lowest BCUT2D eigenvalue weighted by atomic mass is 10.2.